The molecule has 0 aromatic heterocycles. The summed E-state index contributed by atoms with van der Waals surface area (Å²) in [5, 5.41) is 12.8. The Balaban J connectivity index is 1.87. The molecule has 0 bridgehead atoms. The molecule has 1 aliphatic rings. The first-order valence-corrected chi connectivity index (χ1v) is 6.36. The van der Waals surface area contributed by atoms with Gasteiger partial charge in [-0.05, 0) is 44.4 Å². The highest BCUT2D eigenvalue weighted by atomic mass is 16.5. The van der Waals surface area contributed by atoms with E-state index in [-0.39, 0.29) is 6.10 Å². The zero-order valence-corrected chi connectivity index (χ0v) is 10.5. The van der Waals surface area contributed by atoms with Crippen LogP contribution in [-0.2, 0) is 0 Å². The highest BCUT2D eigenvalue weighted by Gasteiger charge is 2.27. The molecular formula is C14H21NO2. The SMILES string of the molecule is CCOc1ccc(C(C)NC2CC(O)C2)cc1. The van der Waals surface area contributed by atoms with Gasteiger partial charge in [-0.3, -0.25) is 0 Å². The van der Waals surface area contributed by atoms with Gasteiger partial charge < -0.3 is 15.2 Å². The molecule has 2 rings (SSSR count). The monoisotopic (exact) mass is 235 g/mol. The molecule has 2 N–H and O–H groups in total. The Morgan fingerprint density at radius 2 is 2.00 bits per heavy atom. The second-order valence-electron chi connectivity index (χ2n) is 4.71. The van der Waals surface area contributed by atoms with E-state index in [1.54, 1.807) is 0 Å². The Morgan fingerprint density at radius 1 is 1.35 bits per heavy atom. The number of rotatable bonds is 5. The number of benzene rings is 1. The molecule has 94 valence electrons. The van der Waals surface area contributed by atoms with Crippen LogP contribution in [0.25, 0.3) is 0 Å². The van der Waals surface area contributed by atoms with E-state index in [9.17, 15) is 5.11 Å². The molecule has 1 aliphatic carbocycles. The second-order valence-corrected chi connectivity index (χ2v) is 4.71. The van der Waals surface area contributed by atoms with Gasteiger partial charge in [0, 0.05) is 12.1 Å². The second kappa shape index (κ2) is 5.52. The summed E-state index contributed by atoms with van der Waals surface area (Å²) in [6, 6.07) is 8.99. The van der Waals surface area contributed by atoms with E-state index in [1.165, 1.54) is 5.56 Å². The maximum Gasteiger partial charge on any atom is 0.119 e. The summed E-state index contributed by atoms with van der Waals surface area (Å²) in [6.07, 6.45) is 1.66. The quantitative estimate of drug-likeness (QED) is 0.822. The van der Waals surface area contributed by atoms with Crippen molar-refractivity contribution in [1.29, 1.82) is 0 Å². The predicted molar refractivity (Wildman–Crippen MR) is 68.2 cm³/mol. The Labute approximate surface area is 103 Å². The van der Waals surface area contributed by atoms with Gasteiger partial charge in [-0.2, -0.15) is 0 Å². The molecule has 0 amide bonds. The van der Waals surface area contributed by atoms with E-state index < -0.39 is 0 Å². The molecule has 3 nitrogen and oxygen atoms in total. The first-order chi connectivity index (χ1) is 8.19. The Bertz CT molecular complexity index is 344. The summed E-state index contributed by atoms with van der Waals surface area (Å²) in [6.45, 7) is 4.84. The molecule has 1 fully saturated rings. The first-order valence-electron chi connectivity index (χ1n) is 6.36. The fourth-order valence-corrected chi connectivity index (χ4v) is 2.19. The normalized spacial score (nSPS) is 25.1. The number of hydrogen-bond acceptors (Lipinski definition) is 3. The van der Waals surface area contributed by atoms with E-state index in [2.05, 4.69) is 24.4 Å². The molecule has 1 atom stereocenters. The highest BCUT2D eigenvalue weighted by Crippen LogP contribution is 2.24. The smallest absolute Gasteiger partial charge is 0.119 e. The van der Waals surface area contributed by atoms with Crippen LogP contribution in [0.4, 0.5) is 0 Å². The highest BCUT2D eigenvalue weighted by molar-refractivity contribution is 5.29. The molecule has 0 spiro atoms. The van der Waals surface area contributed by atoms with Crippen LogP contribution in [0.2, 0.25) is 0 Å². The average Bonchev–Trinajstić information content (AvgIpc) is 2.28. The summed E-state index contributed by atoms with van der Waals surface area (Å²) in [4.78, 5) is 0. The van der Waals surface area contributed by atoms with E-state index in [0.717, 1.165) is 18.6 Å². The molecule has 17 heavy (non-hydrogen) atoms. The lowest BCUT2D eigenvalue weighted by molar-refractivity contribution is 0.0586. The third kappa shape index (κ3) is 3.20. The Morgan fingerprint density at radius 3 is 2.53 bits per heavy atom. The summed E-state index contributed by atoms with van der Waals surface area (Å²) < 4.78 is 5.41. The zero-order valence-electron chi connectivity index (χ0n) is 10.5. The van der Waals surface area contributed by atoms with Crippen LogP contribution < -0.4 is 10.1 Å². The van der Waals surface area contributed by atoms with Gasteiger partial charge in [0.15, 0.2) is 0 Å². The van der Waals surface area contributed by atoms with Gasteiger partial charge in [0.25, 0.3) is 0 Å². The maximum absolute atomic E-state index is 9.24. The maximum atomic E-state index is 9.24. The van der Waals surface area contributed by atoms with Crippen LogP contribution in [0.15, 0.2) is 24.3 Å². The van der Waals surface area contributed by atoms with Gasteiger partial charge in [-0.1, -0.05) is 12.1 Å². The fourth-order valence-electron chi connectivity index (χ4n) is 2.19. The van der Waals surface area contributed by atoms with Crippen molar-refractivity contribution in [3.05, 3.63) is 29.8 Å². The lowest BCUT2D eigenvalue weighted by Crippen LogP contribution is -2.44. The zero-order chi connectivity index (χ0) is 12.3. The summed E-state index contributed by atoms with van der Waals surface area (Å²) >= 11 is 0. The third-order valence-corrected chi connectivity index (χ3v) is 3.29. The first kappa shape index (κ1) is 12.4. The largest absolute Gasteiger partial charge is 0.494 e. The minimum atomic E-state index is -0.0972. The minimum absolute atomic E-state index is 0.0972. The number of aliphatic hydroxyl groups excluding tert-OH is 1. The van der Waals surface area contributed by atoms with Crippen molar-refractivity contribution < 1.29 is 9.84 Å². The van der Waals surface area contributed by atoms with Gasteiger partial charge in [-0.25, -0.2) is 0 Å². The number of hydrogen-bond donors (Lipinski definition) is 2. The van der Waals surface area contributed by atoms with Gasteiger partial charge in [-0.15, -0.1) is 0 Å². The Kier molecular flexibility index (Phi) is 4.02. The molecule has 0 aliphatic heterocycles. The summed E-state index contributed by atoms with van der Waals surface area (Å²) in [5.74, 6) is 0.919. The predicted octanol–water partition coefficient (Wildman–Crippen LogP) is 2.26. The van der Waals surface area contributed by atoms with Crippen molar-refractivity contribution in [2.24, 2.45) is 0 Å². The lowest BCUT2D eigenvalue weighted by atomic mass is 9.88. The van der Waals surface area contributed by atoms with E-state index >= 15 is 0 Å². The van der Waals surface area contributed by atoms with Crippen molar-refractivity contribution in [2.45, 2.75) is 44.9 Å². The van der Waals surface area contributed by atoms with Crippen molar-refractivity contribution in [3.63, 3.8) is 0 Å². The van der Waals surface area contributed by atoms with Crippen molar-refractivity contribution >= 4 is 0 Å². The minimum Gasteiger partial charge on any atom is -0.494 e. The van der Waals surface area contributed by atoms with Crippen LogP contribution in [0.3, 0.4) is 0 Å². The van der Waals surface area contributed by atoms with Crippen molar-refractivity contribution in [3.8, 4) is 5.75 Å². The van der Waals surface area contributed by atoms with Crippen molar-refractivity contribution in [2.75, 3.05) is 6.61 Å². The number of aliphatic hydroxyl groups is 1. The average molecular weight is 235 g/mol. The molecule has 1 aromatic rings. The van der Waals surface area contributed by atoms with Gasteiger partial charge in [0.05, 0.1) is 12.7 Å². The van der Waals surface area contributed by atoms with Crippen LogP contribution in [0, 0.1) is 0 Å². The third-order valence-electron chi connectivity index (χ3n) is 3.29. The topological polar surface area (TPSA) is 41.5 Å². The van der Waals surface area contributed by atoms with E-state index in [1.807, 2.05) is 19.1 Å². The molecule has 0 heterocycles. The summed E-state index contributed by atoms with van der Waals surface area (Å²) in [7, 11) is 0. The molecule has 0 saturated heterocycles. The van der Waals surface area contributed by atoms with Gasteiger partial charge in [0.2, 0.25) is 0 Å². The molecular weight excluding hydrogens is 214 g/mol. The van der Waals surface area contributed by atoms with Crippen molar-refractivity contribution in [1.82, 2.24) is 5.32 Å². The molecule has 0 radical (unpaired) electrons. The van der Waals surface area contributed by atoms with Crippen LogP contribution in [-0.4, -0.2) is 23.9 Å². The standard InChI is InChI=1S/C14H21NO2/c1-3-17-14-6-4-11(5-7-14)10(2)15-12-8-13(16)9-12/h4-7,10,12-13,15-16H,3,8-9H2,1-2H3. The lowest BCUT2D eigenvalue weighted by Gasteiger charge is -2.34. The van der Waals surface area contributed by atoms with Crippen LogP contribution in [0.5, 0.6) is 5.75 Å². The van der Waals surface area contributed by atoms with Crippen LogP contribution in [0.1, 0.15) is 38.3 Å². The molecule has 1 saturated carbocycles. The molecule has 1 unspecified atom stereocenters. The van der Waals surface area contributed by atoms with E-state index in [0.29, 0.717) is 18.7 Å². The summed E-state index contributed by atoms with van der Waals surface area (Å²) in [5.41, 5.74) is 1.26. The van der Waals surface area contributed by atoms with Gasteiger partial charge >= 0.3 is 0 Å². The van der Waals surface area contributed by atoms with Crippen LogP contribution >= 0.6 is 0 Å². The number of nitrogens with one attached hydrogen (secondary N) is 1. The number of ether oxygens (including phenoxy) is 1. The van der Waals surface area contributed by atoms with E-state index in [4.69, 9.17) is 4.74 Å². The molecule has 1 aromatic carbocycles. The Hall–Kier alpha value is -1.06. The van der Waals surface area contributed by atoms with Gasteiger partial charge in [0.1, 0.15) is 5.75 Å². The molecule has 3 heteroatoms. The fraction of sp³-hybridized carbons (Fsp3) is 0.571.